The predicted octanol–water partition coefficient (Wildman–Crippen LogP) is 3.40. The summed E-state index contributed by atoms with van der Waals surface area (Å²) in [5, 5.41) is 9.76. The molecule has 1 amide bonds. The average Bonchev–Trinajstić information content (AvgIpc) is 3.35. The van der Waals surface area contributed by atoms with Crippen molar-refractivity contribution < 1.29 is 9.59 Å². The number of nitrogens with zero attached hydrogens (tertiary/aromatic N) is 1. The number of carbonyl (C=O) groups excluding carboxylic acids is 2. The van der Waals surface area contributed by atoms with Gasteiger partial charge in [-0.3, -0.25) is 9.59 Å². The maximum atomic E-state index is 12.3. The Morgan fingerprint density at radius 3 is 2.53 bits per heavy atom. The Kier molecular flexibility index (Phi) is 6.77. The van der Waals surface area contributed by atoms with Gasteiger partial charge in [0, 0.05) is 30.9 Å². The third-order valence-electron chi connectivity index (χ3n) is 5.55. The van der Waals surface area contributed by atoms with Gasteiger partial charge in [0.15, 0.2) is 5.78 Å². The minimum Gasteiger partial charge on any atom is -0.380 e. The fourth-order valence-electron chi connectivity index (χ4n) is 3.80. The molecule has 7 heteroatoms. The lowest BCUT2D eigenvalue weighted by atomic mass is 10.0. The van der Waals surface area contributed by atoms with Gasteiger partial charge in [-0.05, 0) is 42.6 Å². The Hall–Kier alpha value is -3.71. The topological polar surface area (TPSA) is 109 Å². The minimum absolute atomic E-state index is 0.0115. The van der Waals surface area contributed by atoms with Crippen LogP contribution >= 0.6 is 0 Å². The number of aromatic nitrogens is 1. The van der Waals surface area contributed by atoms with E-state index in [0.717, 1.165) is 36.2 Å². The molecule has 0 unspecified atom stereocenters. The number of pyridine rings is 1. The lowest BCUT2D eigenvalue weighted by Gasteiger charge is -2.13. The van der Waals surface area contributed by atoms with Gasteiger partial charge in [-0.1, -0.05) is 42.5 Å². The van der Waals surface area contributed by atoms with E-state index in [4.69, 9.17) is 5.73 Å². The smallest absolute Gasteiger partial charge is 0.252 e. The molecule has 0 saturated carbocycles. The largest absolute Gasteiger partial charge is 0.380 e. The number of primary amides is 1. The van der Waals surface area contributed by atoms with E-state index in [9.17, 15) is 9.59 Å². The summed E-state index contributed by atoms with van der Waals surface area (Å²) in [4.78, 5) is 28.5. The lowest BCUT2D eigenvalue weighted by Crippen LogP contribution is -2.31. The first-order valence-electron chi connectivity index (χ1n) is 10.8. The molecule has 0 radical (unpaired) electrons. The number of nitrogens with two attached hydrogens (primary N) is 1. The van der Waals surface area contributed by atoms with Crippen molar-refractivity contribution in [3.63, 3.8) is 0 Å². The highest BCUT2D eigenvalue weighted by molar-refractivity contribution is 5.98. The van der Waals surface area contributed by atoms with Crippen LogP contribution in [0, 0.1) is 0 Å². The number of anilines is 3. The van der Waals surface area contributed by atoms with E-state index in [0.29, 0.717) is 30.0 Å². The summed E-state index contributed by atoms with van der Waals surface area (Å²) in [6.07, 6.45) is 3.88. The molecular formula is C25H27N5O2. The second-order valence-electron chi connectivity index (χ2n) is 7.93. The van der Waals surface area contributed by atoms with Crippen LogP contribution in [0.2, 0.25) is 0 Å². The summed E-state index contributed by atoms with van der Waals surface area (Å²) in [5.74, 6) is 0.288. The van der Waals surface area contributed by atoms with E-state index in [1.54, 1.807) is 6.07 Å². The van der Waals surface area contributed by atoms with Crippen molar-refractivity contribution in [3.05, 3.63) is 83.6 Å². The fourth-order valence-corrected chi connectivity index (χ4v) is 3.80. The molecule has 2 aromatic carbocycles. The molecular weight excluding hydrogens is 402 g/mol. The van der Waals surface area contributed by atoms with Crippen LogP contribution in [0.15, 0.2) is 66.9 Å². The molecule has 7 nitrogen and oxygen atoms in total. The second-order valence-corrected chi connectivity index (χ2v) is 7.93. The first-order valence-corrected chi connectivity index (χ1v) is 10.8. The Bertz CT molecular complexity index is 1080. The zero-order valence-corrected chi connectivity index (χ0v) is 17.8. The molecule has 2 heterocycles. The van der Waals surface area contributed by atoms with Gasteiger partial charge < -0.3 is 21.7 Å². The Morgan fingerprint density at radius 2 is 1.84 bits per heavy atom. The van der Waals surface area contributed by atoms with Gasteiger partial charge in [0.25, 0.3) is 5.91 Å². The van der Waals surface area contributed by atoms with E-state index in [1.165, 1.54) is 6.20 Å². The number of hydrogen-bond acceptors (Lipinski definition) is 6. The number of Topliss-reactive ketones (excluding diaryl/α,β-unsaturated/α-hetero) is 1. The summed E-state index contributed by atoms with van der Waals surface area (Å²) in [6, 6.07) is 19.4. The highest BCUT2D eigenvalue weighted by Gasteiger charge is 2.21. The maximum Gasteiger partial charge on any atom is 0.252 e. The van der Waals surface area contributed by atoms with E-state index in [-0.39, 0.29) is 11.8 Å². The van der Waals surface area contributed by atoms with Crippen LogP contribution < -0.4 is 21.7 Å². The van der Waals surface area contributed by atoms with Crippen LogP contribution in [0.5, 0.6) is 0 Å². The SMILES string of the molecule is NC(=O)c1cnc(Nc2ccc(CC(=O)[C@@H]3CCCN3)cc2)cc1NCc1ccccc1. The molecule has 0 spiro atoms. The molecule has 4 rings (SSSR count). The van der Waals surface area contributed by atoms with Crippen molar-refractivity contribution in [3.8, 4) is 0 Å². The first-order chi connectivity index (χ1) is 15.6. The van der Waals surface area contributed by atoms with Gasteiger partial charge in [-0.15, -0.1) is 0 Å². The average molecular weight is 430 g/mol. The highest BCUT2D eigenvalue weighted by atomic mass is 16.1. The van der Waals surface area contributed by atoms with Gasteiger partial charge in [0.05, 0.1) is 17.3 Å². The van der Waals surface area contributed by atoms with Crippen molar-refractivity contribution >= 4 is 28.9 Å². The third-order valence-corrected chi connectivity index (χ3v) is 5.55. The number of ketones is 1. The lowest BCUT2D eigenvalue weighted by molar-refractivity contribution is -0.120. The number of nitrogens with one attached hydrogen (secondary N) is 3. The van der Waals surface area contributed by atoms with Gasteiger partial charge in [-0.25, -0.2) is 4.98 Å². The fraction of sp³-hybridized carbons (Fsp3) is 0.240. The number of benzene rings is 2. The molecule has 0 aliphatic carbocycles. The van der Waals surface area contributed by atoms with Crippen LogP contribution in [-0.2, 0) is 17.8 Å². The third kappa shape index (κ3) is 5.50. The van der Waals surface area contributed by atoms with Gasteiger partial charge in [0.1, 0.15) is 5.82 Å². The predicted molar refractivity (Wildman–Crippen MR) is 126 cm³/mol. The van der Waals surface area contributed by atoms with E-state index < -0.39 is 5.91 Å². The van der Waals surface area contributed by atoms with Crippen molar-refractivity contribution in [1.29, 1.82) is 0 Å². The van der Waals surface area contributed by atoms with E-state index in [1.807, 2.05) is 54.6 Å². The molecule has 1 aromatic heterocycles. The summed E-state index contributed by atoms with van der Waals surface area (Å²) < 4.78 is 0. The van der Waals surface area contributed by atoms with E-state index >= 15 is 0 Å². The molecule has 0 bridgehead atoms. The Balaban J connectivity index is 1.42. The highest BCUT2D eigenvalue weighted by Crippen LogP contribution is 2.23. The minimum atomic E-state index is -0.537. The van der Waals surface area contributed by atoms with E-state index in [2.05, 4.69) is 20.9 Å². The number of rotatable bonds is 9. The number of hydrogen-bond donors (Lipinski definition) is 4. The monoisotopic (exact) mass is 429 g/mol. The summed E-state index contributed by atoms with van der Waals surface area (Å²) in [7, 11) is 0. The molecule has 32 heavy (non-hydrogen) atoms. The molecule has 1 saturated heterocycles. The molecule has 1 aliphatic rings. The maximum absolute atomic E-state index is 12.3. The van der Waals surface area contributed by atoms with Crippen LogP contribution in [0.4, 0.5) is 17.2 Å². The zero-order valence-electron chi connectivity index (χ0n) is 17.8. The molecule has 5 N–H and O–H groups in total. The first kappa shape index (κ1) is 21.5. The summed E-state index contributed by atoms with van der Waals surface area (Å²) in [6.45, 7) is 1.48. The van der Waals surface area contributed by atoms with Crippen molar-refractivity contribution in [2.75, 3.05) is 17.2 Å². The van der Waals surface area contributed by atoms with Crippen LogP contribution in [-0.4, -0.2) is 29.3 Å². The van der Waals surface area contributed by atoms with Gasteiger partial charge in [-0.2, -0.15) is 0 Å². The zero-order chi connectivity index (χ0) is 22.3. The molecule has 1 fully saturated rings. The van der Waals surface area contributed by atoms with Crippen molar-refractivity contribution in [1.82, 2.24) is 10.3 Å². The Morgan fingerprint density at radius 1 is 1.06 bits per heavy atom. The normalized spacial score (nSPS) is 15.3. The Labute approximate surface area is 187 Å². The standard InChI is InChI=1S/C25H27N5O2/c26-25(32)20-16-29-24(14-22(20)28-15-18-5-2-1-3-6-18)30-19-10-8-17(9-11-19)13-23(31)21-7-4-12-27-21/h1-3,5-6,8-11,14,16,21,27H,4,7,12-13,15H2,(H2,26,32)(H2,28,29,30)/t21-/m0/s1. The second kappa shape index (κ2) is 10.1. The summed E-state index contributed by atoms with van der Waals surface area (Å²) in [5.41, 5.74) is 9.38. The quantitative estimate of drug-likeness (QED) is 0.415. The van der Waals surface area contributed by atoms with Crippen LogP contribution in [0.25, 0.3) is 0 Å². The van der Waals surface area contributed by atoms with Crippen LogP contribution in [0.3, 0.4) is 0 Å². The number of amides is 1. The number of carbonyl (C=O) groups is 2. The van der Waals surface area contributed by atoms with Crippen LogP contribution in [0.1, 0.15) is 34.3 Å². The van der Waals surface area contributed by atoms with Gasteiger partial charge in [0.2, 0.25) is 0 Å². The van der Waals surface area contributed by atoms with Crippen molar-refractivity contribution in [2.45, 2.75) is 31.8 Å². The van der Waals surface area contributed by atoms with Gasteiger partial charge >= 0.3 is 0 Å². The molecule has 164 valence electrons. The molecule has 1 atom stereocenters. The van der Waals surface area contributed by atoms with Crippen molar-refractivity contribution in [2.24, 2.45) is 5.73 Å². The summed E-state index contributed by atoms with van der Waals surface area (Å²) >= 11 is 0. The molecule has 1 aliphatic heterocycles. The molecule has 3 aromatic rings.